The maximum absolute atomic E-state index is 12.9. The quantitative estimate of drug-likeness (QED) is 0.367. The largest absolute Gasteiger partial charge is 0.403 e. The van der Waals surface area contributed by atoms with Crippen LogP contribution in [0.15, 0.2) is 4.99 Å². The van der Waals surface area contributed by atoms with Gasteiger partial charge < -0.3 is 20.9 Å². The van der Waals surface area contributed by atoms with Crippen LogP contribution in [0.5, 0.6) is 0 Å². The number of aliphatic imine (C=N–C) groups is 1. The molecule has 2 saturated heterocycles. The highest BCUT2D eigenvalue weighted by molar-refractivity contribution is 5.80. The van der Waals surface area contributed by atoms with Crippen molar-refractivity contribution in [1.29, 1.82) is 0 Å². The van der Waals surface area contributed by atoms with Crippen LogP contribution in [0.3, 0.4) is 0 Å². The number of nitrogens with zero attached hydrogens (tertiary/aromatic N) is 4. The van der Waals surface area contributed by atoms with Crippen molar-refractivity contribution in [2.24, 2.45) is 16.6 Å². The molecule has 29 heavy (non-hydrogen) atoms. The first-order chi connectivity index (χ1) is 13.7. The van der Waals surface area contributed by atoms with Crippen LogP contribution >= 0.6 is 0 Å². The van der Waals surface area contributed by atoms with Crippen LogP contribution in [-0.4, -0.2) is 98.2 Å². The van der Waals surface area contributed by atoms with Gasteiger partial charge in [-0.3, -0.25) is 14.7 Å². The molecular weight excluding hydrogens is 385 g/mol. The number of halogens is 3. The van der Waals surface area contributed by atoms with E-state index in [0.29, 0.717) is 26.2 Å². The lowest BCUT2D eigenvalue weighted by atomic mass is 9.96. The minimum absolute atomic E-state index is 0.0239. The van der Waals surface area contributed by atoms with E-state index in [2.05, 4.69) is 15.2 Å². The van der Waals surface area contributed by atoms with Crippen molar-refractivity contribution < 1.29 is 18.0 Å². The van der Waals surface area contributed by atoms with Crippen LogP contribution in [0.1, 0.15) is 32.6 Å². The molecule has 0 aromatic heterocycles. The van der Waals surface area contributed by atoms with Gasteiger partial charge in [0.15, 0.2) is 5.96 Å². The lowest BCUT2D eigenvalue weighted by molar-refractivity contribution is -0.181. The summed E-state index contributed by atoms with van der Waals surface area (Å²) in [5, 5.41) is 3.33. The number of amides is 1. The summed E-state index contributed by atoms with van der Waals surface area (Å²) in [6.45, 7) is 6.67. The molecule has 0 aliphatic carbocycles. The summed E-state index contributed by atoms with van der Waals surface area (Å²) in [4.78, 5) is 21.4. The fourth-order valence-corrected chi connectivity index (χ4v) is 3.96. The van der Waals surface area contributed by atoms with E-state index in [-0.39, 0.29) is 11.8 Å². The molecule has 0 saturated carbocycles. The second kappa shape index (κ2) is 11.0. The molecule has 2 fully saturated rings. The number of likely N-dealkylation sites (tertiary alicyclic amines) is 1. The van der Waals surface area contributed by atoms with Gasteiger partial charge in [-0.05, 0) is 52.2 Å². The van der Waals surface area contributed by atoms with Crippen molar-refractivity contribution in [3.8, 4) is 0 Å². The fourth-order valence-electron chi connectivity index (χ4n) is 3.96. The Bertz CT molecular complexity index is 541. The van der Waals surface area contributed by atoms with Crippen molar-refractivity contribution >= 4 is 11.9 Å². The smallest absolute Gasteiger partial charge is 0.369 e. The number of piperazine rings is 1. The Labute approximate surface area is 171 Å². The van der Waals surface area contributed by atoms with E-state index in [1.165, 1.54) is 11.8 Å². The Morgan fingerprint density at radius 2 is 1.76 bits per heavy atom. The molecule has 1 atom stereocenters. The molecule has 0 radical (unpaired) electrons. The number of hydrogen-bond acceptors (Lipinski definition) is 4. The van der Waals surface area contributed by atoms with E-state index in [9.17, 15) is 18.0 Å². The predicted octanol–water partition coefficient (Wildman–Crippen LogP) is 1.11. The monoisotopic (exact) mass is 420 g/mol. The Kier molecular flexibility index (Phi) is 9.01. The fraction of sp³-hybridized carbons (Fsp3) is 0.895. The van der Waals surface area contributed by atoms with E-state index < -0.39 is 12.2 Å². The standard InChI is InChI=1S/C19H35F3N6O/c1-15(19(20,21)22)27-11-13-28(14-12-27)18(24-2)25-7-3-4-8-26-9-5-16(6-10-26)17(23)29/h15-16H,3-14H2,1-2H3,(H2,23,29)(H,24,25). The van der Waals surface area contributed by atoms with Gasteiger partial charge in [-0.25, -0.2) is 0 Å². The molecule has 3 N–H and O–H groups in total. The number of carbonyl (C=O) groups excluding carboxylic acids is 1. The Balaban J connectivity index is 1.61. The minimum Gasteiger partial charge on any atom is -0.369 e. The third-order valence-electron chi connectivity index (χ3n) is 6.02. The second-order valence-corrected chi connectivity index (χ2v) is 7.94. The molecule has 0 aromatic rings. The minimum atomic E-state index is -4.18. The number of alkyl halides is 3. The molecule has 2 aliphatic heterocycles. The van der Waals surface area contributed by atoms with Crippen molar-refractivity contribution in [3.63, 3.8) is 0 Å². The van der Waals surface area contributed by atoms with Crippen LogP contribution in [-0.2, 0) is 4.79 Å². The Hall–Kier alpha value is -1.55. The van der Waals surface area contributed by atoms with E-state index in [1.807, 2.05) is 4.90 Å². The summed E-state index contributed by atoms with van der Waals surface area (Å²) >= 11 is 0. The van der Waals surface area contributed by atoms with Crippen molar-refractivity contribution in [2.45, 2.75) is 44.8 Å². The van der Waals surface area contributed by atoms with E-state index in [1.54, 1.807) is 7.05 Å². The third-order valence-corrected chi connectivity index (χ3v) is 6.02. The van der Waals surface area contributed by atoms with E-state index >= 15 is 0 Å². The number of hydrogen-bond donors (Lipinski definition) is 2. The summed E-state index contributed by atoms with van der Waals surface area (Å²) in [6, 6.07) is -1.41. The number of nitrogens with one attached hydrogen (secondary N) is 1. The first-order valence-electron chi connectivity index (χ1n) is 10.5. The van der Waals surface area contributed by atoms with Crippen LogP contribution in [0.2, 0.25) is 0 Å². The molecule has 168 valence electrons. The number of primary amides is 1. The second-order valence-electron chi connectivity index (χ2n) is 7.94. The van der Waals surface area contributed by atoms with Gasteiger partial charge in [0.2, 0.25) is 5.91 Å². The van der Waals surface area contributed by atoms with Gasteiger partial charge in [-0.2, -0.15) is 13.2 Å². The average Bonchev–Trinajstić information content (AvgIpc) is 2.70. The van der Waals surface area contributed by atoms with Crippen molar-refractivity contribution in [3.05, 3.63) is 0 Å². The zero-order chi connectivity index (χ0) is 21.4. The zero-order valence-electron chi connectivity index (χ0n) is 17.5. The Morgan fingerprint density at radius 3 is 2.28 bits per heavy atom. The summed E-state index contributed by atoms with van der Waals surface area (Å²) in [5.41, 5.74) is 5.36. The molecular formula is C19H35F3N6O. The van der Waals surface area contributed by atoms with Gasteiger partial charge in [0.1, 0.15) is 6.04 Å². The summed E-state index contributed by atoms with van der Waals surface area (Å²) < 4.78 is 38.6. The molecule has 1 amide bonds. The number of carbonyl (C=O) groups is 1. The normalized spacial score (nSPS) is 22.0. The lowest BCUT2D eigenvalue weighted by Crippen LogP contribution is -2.56. The predicted molar refractivity (Wildman–Crippen MR) is 108 cm³/mol. The van der Waals surface area contributed by atoms with Crippen LogP contribution in [0, 0.1) is 5.92 Å². The first-order valence-corrected chi connectivity index (χ1v) is 10.5. The van der Waals surface area contributed by atoms with E-state index in [0.717, 1.165) is 57.8 Å². The molecule has 2 rings (SSSR count). The molecule has 1 unspecified atom stereocenters. The molecule has 2 aliphatic rings. The molecule has 0 aromatic carbocycles. The maximum Gasteiger partial charge on any atom is 0.403 e. The van der Waals surface area contributed by atoms with Crippen molar-refractivity contribution in [1.82, 2.24) is 20.0 Å². The van der Waals surface area contributed by atoms with Gasteiger partial charge in [0.05, 0.1) is 0 Å². The van der Waals surface area contributed by atoms with Gasteiger partial charge in [-0.15, -0.1) is 0 Å². The summed E-state index contributed by atoms with van der Waals surface area (Å²) in [7, 11) is 1.70. The summed E-state index contributed by atoms with van der Waals surface area (Å²) in [6.07, 6.45) is -0.461. The lowest BCUT2D eigenvalue weighted by Gasteiger charge is -2.39. The molecule has 0 bridgehead atoms. The van der Waals surface area contributed by atoms with Crippen LogP contribution in [0.25, 0.3) is 0 Å². The number of unbranched alkanes of at least 4 members (excludes halogenated alkanes) is 1. The highest BCUT2D eigenvalue weighted by Crippen LogP contribution is 2.25. The average molecular weight is 421 g/mol. The highest BCUT2D eigenvalue weighted by Gasteiger charge is 2.41. The number of rotatable bonds is 7. The third kappa shape index (κ3) is 7.33. The number of piperidine rings is 1. The van der Waals surface area contributed by atoms with Crippen LogP contribution in [0.4, 0.5) is 13.2 Å². The van der Waals surface area contributed by atoms with Crippen molar-refractivity contribution in [2.75, 3.05) is 59.4 Å². The molecule has 0 spiro atoms. The zero-order valence-corrected chi connectivity index (χ0v) is 17.5. The highest BCUT2D eigenvalue weighted by atomic mass is 19.4. The van der Waals surface area contributed by atoms with Gasteiger partial charge in [0, 0.05) is 45.7 Å². The first kappa shape index (κ1) is 23.7. The topological polar surface area (TPSA) is 77.2 Å². The van der Waals surface area contributed by atoms with Gasteiger partial charge >= 0.3 is 6.18 Å². The number of nitrogens with two attached hydrogens (primary N) is 1. The molecule has 2 heterocycles. The summed E-state index contributed by atoms with van der Waals surface area (Å²) in [5.74, 6) is 0.594. The Morgan fingerprint density at radius 1 is 1.14 bits per heavy atom. The maximum atomic E-state index is 12.9. The molecule has 7 nitrogen and oxygen atoms in total. The van der Waals surface area contributed by atoms with Crippen LogP contribution < -0.4 is 11.1 Å². The molecule has 10 heteroatoms. The van der Waals surface area contributed by atoms with E-state index in [4.69, 9.17) is 5.73 Å². The SMILES string of the molecule is CN=C(NCCCCN1CCC(C(N)=O)CC1)N1CCN(C(C)C(F)(F)F)CC1. The van der Waals surface area contributed by atoms with Gasteiger partial charge in [0.25, 0.3) is 0 Å². The number of guanidine groups is 1. The van der Waals surface area contributed by atoms with Gasteiger partial charge in [-0.1, -0.05) is 0 Å².